The topological polar surface area (TPSA) is 9.23 Å². The minimum Gasteiger partial charge on any atom is -0.380 e. The summed E-state index contributed by atoms with van der Waals surface area (Å²) in [6.07, 6.45) is 16.6. The summed E-state index contributed by atoms with van der Waals surface area (Å²) in [7, 11) is 1.74. The average Bonchev–Trinajstić information content (AvgIpc) is 2.79. The lowest BCUT2D eigenvalue weighted by atomic mass is 9.78. The van der Waals surface area contributed by atoms with E-state index in [1.165, 1.54) is 80.0 Å². The molecule has 1 heteroatoms. The molecule has 1 nitrogen and oxygen atoms in total. The van der Waals surface area contributed by atoms with Gasteiger partial charge in [0, 0.05) is 7.11 Å². The first-order valence-electron chi connectivity index (χ1n) is 12.0. The van der Waals surface area contributed by atoms with Crippen molar-refractivity contribution in [2.45, 2.75) is 77.2 Å². The van der Waals surface area contributed by atoms with Gasteiger partial charge in [-0.3, -0.25) is 0 Å². The van der Waals surface area contributed by atoms with Crippen molar-refractivity contribution in [3.8, 4) is 0 Å². The maximum atomic E-state index is 5.19. The van der Waals surface area contributed by atoms with Crippen LogP contribution in [0.5, 0.6) is 0 Å². The third-order valence-electron chi connectivity index (χ3n) is 6.89. The second kappa shape index (κ2) is 12.7. The Bertz CT molecular complexity index is 720. The standard InChI is InChI=1S/C29H40O/c1-3-4-5-6-24-7-9-25(10-8-24)11-12-26-13-15-27(16-14-26)17-18-28-19-21-29(22-20-28)23-30-2/h3,13-16,19-22,24-25H,1,4-12,17-18,23H2,2H3. The molecule has 0 unspecified atom stereocenters. The molecule has 0 atom stereocenters. The zero-order valence-corrected chi connectivity index (χ0v) is 19.0. The molecule has 0 amide bonds. The van der Waals surface area contributed by atoms with Crippen molar-refractivity contribution in [1.82, 2.24) is 0 Å². The molecule has 0 aromatic heterocycles. The van der Waals surface area contributed by atoms with Gasteiger partial charge >= 0.3 is 0 Å². The van der Waals surface area contributed by atoms with Crippen molar-refractivity contribution in [1.29, 1.82) is 0 Å². The molecule has 0 spiro atoms. The van der Waals surface area contributed by atoms with Gasteiger partial charge in [-0.25, -0.2) is 0 Å². The molecule has 1 saturated carbocycles. The summed E-state index contributed by atoms with van der Waals surface area (Å²) in [5, 5.41) is 0. The zero-order valence-electron chi connectivity index (χ0n) is 19.0. The summed E-state index contributed by atoms with van der Waals surface area (Å²) in [6.45, 7) is 4.54. The molecule has 0 heterocycles. The second-order valence-corrected chi connectivity index (χ2v) is 9.21. The smallest absolute Gasteiger partial charge is 0.0713 e. The van der Waals surface area contributed by atoms with Crippen LogP contribution in [0.25, 0.3) is 0 Å². The highest BCUT2D eigenvalue weighted by Gasteiger charge is 2.20. The van der Waals surface area contributed by atoms with Gasteiger partial charge in [0.05, 0.1) is 6.61 Å². The quantitative estimate of drug-likeness (QED) is 0.260. The monoisotopic (exact) mass is 404 g/mol. The van der Waals surface area contributed by atoms with Crippen LogP contribution in [0.3, 0.4) is 0 Å². The Labute approximate surface area is 184 Å². The molecular weight excluding hydrogens is 364 g/mol. The molecule has 2 aromatic rings. The van der Waals surface area contributed by atoms with Gasteiger partial charge in [-0.1, -0.05) is 86.7 Å². The van der Waals surface area contributed by atoms with Crippen molar-refractivity contribution in [2.24, 2.45) is 11.8 Å². The first-order chi connectivity index (χ1) is 14.8. The van der Waals surface area contributed by atoms with E-state index in [2.05, 4.69) is 61.2 Å². The van der Waals surface area contributed by atoms with Gasteiger partial charge in [0.15, 0.2) is 0 Å². The Morgan fingerprint density at radius 1 is 0.733 bits per heavy atom. The molecule has 0 aliphatic heterocycles. The molecule has 0 saturated heterocycles. The van der Waals surface area contributed by atoms with E-state index >= 15 is 0 Å². The Morgan fingerprint density at radius 3 is 1.70 bits per heavy atom. The van der Waals surface area contributed by atoms with Gasteiger partial charge in [0.1, 0.15) is 0 Å². The average molecular weight is 405 g/mol. The molecule has 0 N–H and O–H groups in total. The normalized spacial score (nSPS) is 19.0. The zero-order chi connectivity index (χ0) is 21.0. The lowest BCUT2D eigenvalue weighted by Crippen LogP contribution is -2.15. The highest BCUT2D eigenvalue weighted by molar-refractivity contribution is 5.26. The molecule has 162 valence electrons. The predicted octanol–water partition coefficient (Wildman–Crippen LogP) is 7.71. The third-order valence-corrected chi connectivity index (χ3v) is 6.89. The third kappa shape index (κ3) is 7.76. The summed E-state index contributed by atoms with van der Waals surface area (Å²) in [4.78, 5) is 0. The van der Waals surface area contributed by atoms with Crippen molar-refractivity contribution in [3.05, 3.63) is 83.4 Å². The lowest BCUT2D eigenvalue weighted by molar-refractivity contribution is 0.185. The van der Waals surface area contributed by atoms with Crippen LogP contribution < -0.4 is 0 Å². The summed E-state index contributed by atoms with van der Waals surface area (Å²) in [6, 6.07) is 18.2. The first kappa shape index (κ1) is 22.8. The van der Waals surface area contributed by atoms with E-state index in [4.69, 9.17) is 4.74 Å². The van der Waals surface area contributed by atoms with E-state index in [1.807, 2.05) is 0 Å². The van der Waals surface area contributed by atoms with Gasteiger partial charge in [0.25, 0.3) is 0 Å². The maximum Gasteiger partial charge on any atom is 0.0713 e. The van der Waals surface area contributed by atoms with Crippen LogP contribution in [-0.4, -0.2) is 7.11 Å². The molecule has 1 aliphatic carbocycles. The number of hydrogen-bond acceptors (Lipinski definition) is 1. The molecule has 0 radical (unpaired) electrons. The number of aryl methyl sites for hydroxylation is 3. The van der Waals surface area contributed by atoms with Crippen molar-refractivity contribution in [3.63, 3.8) is 0 Å². The molecule has 30 heavy (non-hydrogen) atoms. The fourth-order valence-corrected chi connectivity index (χ4v) is 4.86. The van der Waals surface area contributed by atoms with Crippen molar-refractivity contribution < 1.29 is 4.74 Å². The minimum absolute atomic E-state index is 0.693. The van der Waals surface area contributed by atoms with Crippen LogP contribution in [0.15, 0.2) is 61.2 Å². The van der Waals surface area contributed by atoms with Crippen molar-refractivity contribution in [2.75, 3.05) is 7.11 Å². The number of hydrogen-bond donors (Lipinski definition) is 0. The van der Waals surface area contributed by atoms with Gasteiger partial charge in [-0.05, 0) is 72.6 Å². The van der Waals surface area contributed by atoms with Crippen LogP contribution in [0.2, 0.25) is 0 Å². The molecule has 3 rings (SSSR count). The number of rotatable bonds is 12. The van der Waals surface area contributed by atoms with Crippen LogP contribution in [0.4, 0.5) is 0 Å². The molecule has 0 bridgehead atoms. The number of methoxy groups -OCH3 is 1. The van der Waals surface area contributed by atoms with E-state index < -0.39 is 0 Å². The highest BCUT2D eigenvalue weighted by atomic mass is 16.5. The van der Waals surface area contributed by atoms with Crippen LogP contribution in [-0.2, 0) is 30.6 Å². The fourth-order valence-electron chi connectivity index (χ4n) is 4.86. The van der Waals surface area contributed by atoms with E-state index in [-0.39, 0.29) is 0 Å². The van der Waals surface area contributed by atoms with E-state index in [0.717, 1.165) is 24.7 Å². The Morgan fingerprint density at radius 2 is 1.20 bits per heavy atom. The van der Waals surface area contributed by atoms with Gasteiger partial charge in [0.2, 0.25) is 0 Å². The summed E-state index contributed by atoms with van der Waals surface area (Å²) >= 11 is 0. The van der Waals surface area contributed by atoms with E-state index in [9.17, 15) is 0 Å². The van der Waals surface area contributed by atoms with Gasteiger partial charge < -0.3 is 4.74 Å². The fraction of sp³-hybridized carbons (Fsp3) is 0.517. The van der Waals surface area contributed by atoms with Crippen LogP contribution in [0, 0.1) is 11.8 Å². The maximum absolute atomic E-state index is 5.19. The number of unbranched alkanes of at least 4 members (excludes halogenated alkanes) is 1. The largest absolute Gasteiger partial charge is 0.380 e. The Balaban J connectivity index is 1.35. The van der Waals surface area contributed by atoms with Crippen LogP contribution in [0.1, 0.15) is 73.6 Å². The van der Waals surface area contributed by atoms with E-state index in [1.54, 1.807) is 7.11 Å². The lowest BCUT2D eigenvalue weighted by Gasteiger charge is -2.28. The SMILES string of the molecule is C=CCCCC1CCC(CCc2ccc(CCc3ccc(COC)cc3)cc2)CC1. The number of allylic oxidation sites excluding steroid dienone is 1. The Kier molecular flexibility index (Phi) is 9.70. The van der Waals surface area contributed by atoms with E-state index in [0.29, 0.717) is 6.61 Å². The molecule has 1 fully saturated rings. The first-order valence-corrected chi connectivity index (χ1v) is 12.0. The minimum atomic E-state index is 0.693. The number of ether oxygens (including phenoxy) is 1. The highest BCUT2D eigenvalue weighted by Crippen LogP contribution is 2.34. The molecule has 1 aliphatic rings. The molecule has 2 aromatic carbocycles. The summed E-state index contributed by atoms with van der Waals surface area (Å²) in [5.74, 6) is 1.93. The second-order valence-electron chi connectivity index (χ2n) is 9.21. The van der Waals surface area contributed by atoms with Crippen molar-refractivity contribution >= 4 is 0 Å². The number of benzene rings is 2. The Hall–Kier alpha value is -1.86. The van der Waals surface area contributed by atoms with Gasteiger partial charge in [-0.15, -0.1) is 6.58 Å². The molecular formula is C29H40O. The summed E-state index contributed by atoms with van der Waals surface area (Å²) in [5.41, 5.74) is 5.60. The van der Waals surface area contributed by atoms with Crippen LogP contribution >= 0.6 is 0 Å². The summed E-state index contributed by atoms with van der Waals surface area (Å²) < 4.78 is 5.19. The van der Waals surface area contributed by atoms with Gasteiger partial charge in [-0.2, -0.15) is 0 Å². The predicted molar refractivity (Wildman–Crippen MR) is 129 cm³/mol.